The van der Waals surface area contributed by atoms with E-state index in [4.69, 9.17) is 15.6 Å². The van der Waals surface area contributed by atoms with E-state index in [-0.39, 0.29) is 6.61 Å². The molecule has 1 rings (SSSR count). The highest BCUT2D eigenvalue weighted by atomic mass is 16.5. The molecular weight excluding hydrogens is 264 g/mol. The molecule has 20 heavy (non-hydrogen) atoms. The van der Waals surface area contributed by atoms with E-state index in [1.54, 1.807) is 12.1 Å². The molecular formula is C13H16N2O5. The van der Waals surface area contributed by atoms with Crippen molar-refractivity contribution in [3.63, 3.8) is 0 Å². The zero-order chi connectivity index (χ0) is 15.1. The Morgan fingerprint density at radius 2 is 1.90 bits per heavy atom. The number of amides is 2. The minimum absolute atomic E-state index is 0.342. The number of carbonyl (C=O) groups is 3. The first kappa shape index (κ1) is 15.5. The number of hydrogen-bond acceptors (Lipinski definition) is 4. The van der Waals surface area contributed by atoms with Gasteiger partial charge in [-0.25, -0.2) is 4.79 Å². The maximum absolute atomic E-state index is 11.5. The van der Waals surface area contributed by atoms with Gasteiger partial charge in [0.15, 0.2) is 6.61 Å². The van der Waals surface area contributed by atoms with E-state index in [1.807, 2.05) is 19.1 Å². The van der Waals surface area contributed by atoms with Gasteiger partial charge in [-0.3, -0.25) is 9.59 Å². The number of carboxylic acid groups (broad SMARTS) is 1. The van der Waals surface area contributed by atoms with Crippen LogP contribution in [0.3, 0.4) is 0 Å². The van der Waals surface area contributed by atoms with Gasteiger partial charge in [-0.1, -0.05) is 17.7 Å². The van der Waals surface area contributed by atoms with Crippen molar-refractivity contribution in [2.24, 2.45) is 5.73 Å². The molecule has 0 aliphatic rings. The molecule has 1 aromatic carbocycles. The molecule has 0 fully saturated rings. The molecule has 0 bridgehead atoms. The number of rotatable bonds is 7. The third kappa shape index (κ3) is 5.38. The molecule has 0 aliphatic heterocycles. The van der Waals surface area contributed by atoms with E-state index in [0.29, 0.717) is 5.75 Å². The van der Waals surface area contributed by atoms with Gasteiger partial charge in [0.05, 0.1) is 6.42 Å². The van der Waals surface area contributed by atoms with Gasteiger partial charge in [0, 0.05) is 0 Å². The fourth-order valence-electron chi connectivity index (χ4n) is 1.42. The normalized spacial score (nSPS) is 11.4. The zero-order valence-electron chi connectivity index (χ0n) is 11.0. The number of nitrogens with two attached hydrogens (primary N) is 1. The molecule has 2 amide bonds. The smallest absolute Gasteiger partial charge is 0.326 e. The van der Waals surface area contributed by atoms with Gasteiger partial charge in [-0.05, 0) is 19.1 Å². The Morgan fingerprint density at radius 3 is 2.40 bits per heavy atom. The molecule has 0 spiro atoms. The number of hydrogen-bond donors (Lipinski definition) is 3. The number of carbonyl (C=O) groups excluding carboxylic acids is 2. The van der Waals surface area contributed by atoms with Gasteiger partial charge in [0.1, 0.15) is 11.8 Å². The quantitative estimate of drug-likeness (QED) is 0.640. The van der Waals surface area contributed by atoms with Crippen LogP contribution >= 0.6 is 0 Å². The van der Waals surface area contributed by atoms with Crippen molar-refractivity contribution in [2.45, 2.75) is 19.4 Å². The lowest BCUT2D eigenvalue weighted by atomic mass is 10.2. The second kappa shape index (κ2) is 7.13. The van der Waals surface area contributed by atoms with Gasteiger partial charge in [-0.15, -0.1) is 0 Å². The fourth-order valence-corrected chi connectivity index (χ4v) is 1.42. The highest BCUT2D eigenvalue weighted by Gasteiger charge is 2.22. The second-order valence-electron chi connectivity index (χ2n) is 4.23. The number of primary amides is 1. The number of ether oxygens (including phenoxy) is 1. The van der Waals surface area contributed by atoms with Crippen LogP contribution in [0.2, 0.25) is 0 Å². The molecule has 0 unspecified atom stereocenters. The summed E-state index contributed by atoms with van der Waals surface area (Å²) in [6, 6.07) is 5.68. The summed E-state index contributed by atoms with van der Waals surface area (Å²) in [5.74, 6) is -2.28. The Hall–Kier alpha value is -2.57. The molecule has 4 N–H and O–H groups in total. The summed E-state index contributed by atoms with van der Waals surface area (Å²) in [5, 5.41) is 11.0. The predicted molar refractivity (Wildman–Crippen MR) is 70.1 cm³/mol. The second-order valence-corrected chi connectivity index (χ2v) is 4.23. The Bertz CT molecular complexity index is 498. The van der Waals surface area contributed by atoms with Gasteiger partial charge in [-0.2, -0.15) is 0 Å². The summed E-state index contributed by atoms with van der Waals surface area (Å²) >= 11 is 0. The molecule has 0 aliphatic carbocycles. The van der Waals surface area contributed by atoms with E-state index in [0.717, 1.165) is 5.56 Å². The first-order valence-corrected chi connectivity index (χ1v) is 5.88. The molecule has 0 aromatic heterocycles. The van der Waals surface area contributed by atoms with Gasteiger partial charge in [0.2, 0.25) is 5.91 Å². The minimum Gasteiger partial charge on any atom is -0.484 e. The molecule has 0 radical (unpaired) electrons. The standard InChI is InChI=1S/C13H16N2O5/c1-8-2-4-9(5-3-8)20-7-12(17)15-10(13(18)19)6-11(14)16/h2-5,10H,6-7H2,1H3,(H2,14,16)(H,15,17)(H,18,19)/t10-/m0/s1. The highest BCUT2D eigenvalue weighted by Crippen LogP contribution is 2.10. The Kier molecular flexibility index (Phi) is 5.52. The third-order valence-electron chi connectivity index (χ3n) is 2.43. The van der Waals surface area contributed by atoms with Crippen molar-refractivity contribution in [1.82, 2.24) is 5.32 Å². The maximum atomic E-state index is 11.5. The van der Waals surface area contributed by atoms with Crippen LogP contribution in [0.25, 0.3) is 0 Å². The van der Waals surface area contributed by atoms with Crippen molar-refractivity contribution < 1.29 is 24.2 Å². The Morgan fingerprint density at radius 1 is 1.30 bits per heavy atom. The van der Waals surface area contributed by atoms with Crippen LogP contribution in [-0.2, 0) is 14.4 Å². The molecule has 0 heterocycles. The molecule has 1 atom stereocenters. The Labute approximate surface area is 115 Å². The SMILES string of the molecule is Cc1ccc(OCC(=O)N[C@@H](CC(N)=O)C(=O)O)cc1. The first-order valence-electron chi connectivity index (χ1n) is 5.88. The lowest BCUT2D eigenvalue weighted by Crippen LogP contribution is -2.45. The molecule has 0 saturated carbocycles. The van der Waals surface area contributed by atoms with Crippen LogP contribution in [0, 0.1) is 6.92 Å². The van der Waals surface area contributed by atoms with Crippen LogP contribution in [0.4, 0.5) is 0 Å². The van der Waals surface area contributed by atoms with Crippen LogP contribution < -0.4 is 15.8 Å². The van der Waals surface area contributed by atoms with E-state index >= 15 is 0 Å². The van der Waals surface area contributed by atoms with Crippen molar-refractivity contribution in [1.29, 1.82) is 0 Å². The summed E-state index contributed by atoms with van der Waals surface area (Å²) in [6.45, 7) is 1.57. The summed E-state index contributed by atoms with van der Waals surface area (Å²) in [4.78, 5) is 33.0. The maximum Gasteiger partial charge on any atom is 0.326 e. The number of nitrogens with one attached hydrogen (secondary N) is 1. The lowest BCUT2D eigenvalue weighted by molar-refractivity contribution is -0.143. The average Bonchev–Trinajstić information content (AvgIpc) is 2.36. The zero-order valence-corrected chi connectivity index (χ0v) is 11.0. The van der Waals surface area contributed by atoms with E-state index in [9.17, 15) is 14.4 Å². The summed E-state index contributed by atoms with van der Waals surface area (Å²) in [5.41, 5.74) is 5.95. The number of aryl methyl sites for hydroxylation is 1. The summed E-state index contributed by atoms with van der Waals surface area (Å²) in [6.07, 6.45) is -0.467. The predicted octanol–water partition coefficient (Wildman–Crippen LogP) is -0.181. The molecule has 108 valence electrons. The van der Waals surface area contributed by atoms with Crippen LogP contribution in [-0.4, -0.2) is 35.5 Å². The van der Waals surface area contributed by atoms with E-state index in [2.05, 4.69) is 5.32 Å². The first-order chi connectivity index (χ1) is 9.38. The molecule has 1 aromatic rings. The molecule has 7 nitrogen and oxygen atoms in total. The van der Waals surface area contributed by atoms with Crippen LogP contribution in [0.5, 0.6) is 5.75 Å². The van der Waals surface area contributed by atoms with Crippen LogP contribution in [0.1, 0.15) is 12.0 Å². The highest BCUT2D eigenvalue weighted by molar-refractivity contribution is 5.88. The van der Waals surface area contributed by atoms with Gasteiger partial charge >= 0.3 is 5.97 Å². The topological polar surface area (TPSA) is 119 Å². The minimum atomic E-state index is -1.35. The lowest BCUT2D eigenvalue weighted by Gasteiger charge is -2.13. The summed E-state index contributed by atoms with van der Waals surface area (Å²) < 4.78 is 5.19. The average molecular weight is 280 g/mol. The van der Waals surface area contributed by atoms with Crippen molar-refractivity contribution in [3.8, 4) is 5.75 Å². The van der Waals surface area contributed by atoms with E-state index < -0.39 is 30.2 Å². The van der Waals surface area contributed by atoms with Crippen molar-refractivity contribution >= 4 is 17.8 Å². The summed E-state index contributed by atoms with van der Waals surface area (Å²) in [7, 11) is 0. The number of benzene rings is 1. The molecule has 0 saturated heterocycles. The number of carboxylic acids is 1. The van der Waals surface area contributed by atoms with Crippen molar-refractivity contribution in [2.75, 3.05) is 6.61 Å². The fraction of sp³-hybridized carbons (Fsp3) is 0.308. The van der Waals surface area contributed by atoms with Gasteiger partial charge in [0.25, 0.3) is 5.91 Å². The van der Waals surface area contributed by atoms with Crippen LogP contribution in [0.15, 0.2) is 24.3 Å². The third-order valence-corrected chi connectivity index (χ3v) is 2.43. The van der Waals surface area contributed by atoms with Gasteiger partial charge < -0.3 is 20.9 Å². The monoisotopic (exact) mass is 280 g/mol. The van der Waals surface area contributed by atoms with E-state index in [1.165, 1.54) is 0 Å². The molecule has 7 heteroatoms. The Balaban J connectivity index is 2.47. The number of aliphatic carboxylic acids is 1. The van der Waals surface area contributed by atoms with Crippen molar-refractivity contribution in [3.05, 3.63) is 29.8 Å². The largest absolute Gasteiger partial charge is 0.484 e.